The molecular formula is C11H10Cl3N3O2S. The van der Waals surface area contributed by atoms with E-state index < -0.39 is 10.0 Å². The number of aryl methyl sites for hydroxylation is 1. The summed E-state index contributed by atoms with van der Waals surface area (Å²) in [6, 6.07) is 2.62. The van der Waals surface area contributed by atoms with Gasteiger partial charge in [-0.05, 0) is 26.0 Å². The first-order chi connectivity index (χ1) is 9.22. The molecule has 20 heavy (non-hydrogen) atoms. The fourth-order valence-corrected chi connectivity index (χ4v) is 4.16. The van der Waals surface area contributed by atoms with E-state index in [9.17, 15) is 8.42 Å². The lowest BCUT2D eigenvalue weighted by atomic mass is 10.3. The Morgan fingerprint density at radius 2 is 1.70 bits per heavy atom. The van der Waals surface area contributed by atoms with E-state index in [2.05, 4.69) is 14.9 Å². The zero-order valence-corrected chi connectivity index (χ0v) is 13.5. The lowest BCUT2D eigenvalue weighted by Crippen LogP contribution is -2.15. The van der Waals surface area contributed by atoms with Crippen LogP contribution in [0.15, 0.2) is 17.0 Å². The predicted octanol–water partition coefficient (Wildman–Crippen LogP) is 3.79. The second-order valence-electron chi connectivity index (χ2n) is 4.13. The molecule has 0 saturated heterocycles. The fraction of sp³-hybridized carbons (Fsp3) is 0.182. The highest BCUT2D eigenvalue weighted by Gasteiger charge is 2.24. The van der Waals surface area contributed by atoms with Gasteiger partial charge in [-0.1, -0.05) is 34.8 Å². The van der Waals surface area contributed by atoms with Gasteiger partial charge in [-0.2, -0.15) is 5.10 Å². The normalized spacial score (nSPS) is 11.7. The number of nitrogens with one attached hydrogen (secondary N) is 2. The number of hydrogen-bond acceptors (Lipinski definition) is 3. The first-order valence-electron chi connectivity index (χ1n) is 5.41. The van der Waals surface area contributed by atoms with E-state index in [0.717, 1.165) is 5.69 Å². The van der Waals surface area contributed by atoms with E-state index in [1.165, 1.54) is 12.1 Å². The molecule has 9 heteroatoms. The van der Waals surface area contributed by atoms with Crippen molar-refractivity contribution in [3.63, 3.8) is 0 Å². The van der Waals surface area contributed by atoms with Crippen LogP contribution in [0.2, 0.25) is 15.1 Å². The molecular weight excluding hydrogens is 345 g/mol. The number of hydrogen-bond donors (Lipinski definition) is 2. The second kappa shape index (κ2) is 5.44. The summed E-state index contributed by atoms with van der Waals surface area (Å²) in [5.41, 5.74) is 1.45. The minimum atomic E-state index is -3.96. The van der Waals surface area contributed by atoms with E-state index in [-0.39, 0.29) is 25.8 Å². The number of aromatic amines is 1. The van der Waals surface area contributed by atoms with Crippen LogP contribution in [-0.2, 0) is 10.0 Å². The van der Waals surface area contributed by atoms with Crippen LogP contribution in [0.4, 0.5) is 5.82 Å². The molecule has 2 aromatic rings. The Bertz CT molecular complexity index is 748. The summed E-state index contributed by atoms with van der Waals surface area (Å²) in [5, 5.41) is 6.70. The van der Waals surface area contributed by atoms with Gasteiger partial charge >= 0.3 is 0 Å². The molecule has 5 nitrogen and oxygen atoms in total. The number of benzene rings is 1. The molecule has 2 N–H and O–H groups in total. The first-order valence-corrected chi connectivity index (χ1v) is 8.03. The Morgan fingerprint density at radius 3 is 2.15 bits per heavy atom. The average molecular weight is 355 g/mol. The Hall–Kier alpha value is -0.950. The predicted molar refractivity (Wildman–Crippen MR) is 80.3 cm³/mol. The summed E-state index contributed by atoms with van der Waals surface area (Å²) in [7, 11) is -3.96. The Kier molecular flexibility index (Phi) is 4.20. The number of aromatic nitrogens is 2. The van der Waals surface area contributed by atoms with E-state index in [1.807, 2.05) is 0 Å². The van der Waals surface area contributed by atoms with Crippen molar-refractivity contribution in [2.24, 2.45) is 0 Å². The summed E-state index contributed by atoms with van der Waals surface area (Å²) in [5.74, 6) is 0.199. The maximum absolute atomic E-state index is 12.3. The minimum Gasteiger partial charge on any atom is -0.280 e. The van der Waals surface area contributed by atoms with Gasteiger partial charge in [-0.3, -0.25) is 9.82 Å². The van der Waals surface area contributed by atoms with Gasteiger partial charge in [0.25, 0.3) is 10.0 Å². The maximum atomic E-state index is 12.3. The van der Waals surface area contributed by atoms with Crippen LogP contribution in [0.1, 0.15) is 11.3 Å². The molecule has 0 aliphatic heterocycles. The summed E-state index contributed by atoms with van der Waals surface area (Å²) in [6.45, 7) is 3.52. The molecule has 0 aliphatic rings. The monoisotopic (exact) mass is 353 g/mol. The number of sulfonamides is 1. The molecule has 0 amide bonds. The van der Waals surface area contributed by atoms with Gasteiger partial charge < -0.3 is 0 Å². The number of halogens is 3. The van der Waals surface area contributed by atoms with Gasteiger partial charge in [0.1, 0.15) is 4.90 Å². The van der Waals surface area contributed by atoms with Gasteiger partial charge in [0.05, 0.1) is 10.0 Å². The van der Waals surface area contributed by atoms with Crippen LogP contribution in [0.5, 0.6) is 0 Å². The molecule has 0 atom stereocenters. The standard InChI is InChI=1S/C11H10Cl3N3O2S/c1-5-6(2)15-16-11(5)17-20(18,19)10-8(13)3-7(12)4-9(10)14/h3-4H,1-2H3,(H2,15,16,17). The lowest BCUT2D eigenvalue weighted by Gasteiger charge is -2.10. The molecule has 0 radical (unpaired) electrons. The number of nitrogens with zero attached hydrogens (tertiary/aromatic N) is 1. The van der Waals surface area contributed by atoms with Gasteiger partial charge in [0.15, 0.2) is 5.82 Å². The third-order valence-corrected chi connectivity index (χ3v) is 5.19. The quantitative estimate of drug-likeness (QED) is 0.880. The molecule has 0 fully saturated rings. The molecule has 0 saturated carbocycles. The molecule has 0 unspecified atom stereocenters. The lowest BCUT2D eigenvalue weighted by molar-refractivity contribution is 0.601. The topological polar surface area (TPSA) is 74.8 Å². The van der Waals surface area contributed by atoms with Gasteiger partial charge in [0, 0.05) is 16.3 Å². The molecule has 1 aromatic carbocycles. The largest absolute Gasteiger partial charge is 0.280 e. The molecule has 2 rings (SSSR count). The van der Waals surface area contributed by atoms with E-state index in [1.54, 1.807) is 13.8 Å². The molecule has 108 valence electrons. The number of anilines is 1. The zero-order chi connectivity index (χ0) is 15.1. The number of H-pyrrole nitrogens is 1. The van der Waals surface area contributed by atoms with Crippen molar-refractivity contribution in [1.29, 1.82) is 0 Å². The van der Waals surface area contributed by atoms with Crippen LogP contribution >= 0.6 is 34.8 Å². The third-order valence-electron chi connectivity index (χ3n) is 2.72. The van der Waals surface area contributed by atoms with Crippen molar-refractivity contribution in [2.45, 2.75) is 18.7 Å². The summed E-state index contributed by atoms with van der Waals surface area (Å²) >= 11 is 17.6. The number of rotatable bonds is 3. The van der Waals surface area contributed by atoms with E-state index >= 15 is 0 Å². The summed E-state index contributed by atoms with van der Waals surface area (Å²) in [6.07, 6.45) is 0. The summed E-state index contributed by atoms with van der Waals surface area (Å²) < 4.78 is 27.0. The molecule has 0 spiro atoms. The Morgan fingerprint density at radius 1 is 1.15 bits per heavy atom. The molecule has 0 aliphatic carbocycles. The zero-order valence-electron chi connectivity index (χ0n) is 10.5. The smallest absolute Gasteiger partial charge is 0.266 e. The highest BCUT2D eigenvalue weighted by Crippen LogP contribution is 2.33. The van der Waals surface area contributed by atoms with E-state index in [0.29, 0.717) is 5.56 Å². The maximum Gasteiger partial charge on any atom is 0.266 e. The SMILES string of the molecule is Cc1[nH]nc(NS(=O)(=O)c2c(Cl)cc(Cl)cc2Cl)c1C. The van der Waals surface area contributed by atoms with Crippen molar-refractivity contribution >= 4 is 50.6 Å². The third kappa shape index (κ3) is 2.88. The fourth-order valence-electron chi connectivity index (χ4n) is 1.55. The highest BCUT2D eigenvalue weighted by atomic mass is 35.5. The van der Waals surface area contributed by atoms with E-state index in [4.69, 9.17) is 34.8 Å². The van der Waals surface area contributed by atoms with Crippen molar-refractivity contribution in [3.8, 4) is 0 Å². The molecule has 1 aromatic heterocycles. The highest BCUT2D eigenvalue weighted by molar-refractivity contribution is 7.93. The summed E-state index contributed by atoms with van der Waals surface area (Å²) in [4.78, 5) is -0.231. The van der Waals surface area contributed by atoms with Crippen molar-refractivity contribution in [1.82, 2.24) is 10.2 Å². The van der Waals surface area contributed by atoms with Gasteiger partial charge in [-0.25, -0.2) is 8.42 Å². The Labute approximate surface area is 131 Å². The van der Waals surface area contributed by atoms with Crippen molar-refractivity contribution in [3.05, 3.63) is 38.5 Å². The van der Waals surface area contributed by atoms with Crippen LogP contribution < -0.4 is 4.72 Å². The molecule has 0 bridgehead atoms. The van der Waals surface area contributed by atoms with Crippen molar-refractivity contribution in [2.75, 3.05) is 4.72 Å². The Balaban J connectivity index is 2.49. The van der Waals surface area contributed by atoms with Gasteiger partial charge in [0.2, 0.25) is 0 Å². The van der Waals surface area contributed by atoms with Crippen LogP contribution in [0.25, 0.3) is 0 Å². The van der Waals surface area contributed by atoms with Crippen LogP contribution in [0.3, 0.4) is 0 Å². The molecule has 1 heterocycles. The van der Waals surface area contributed by atoms with Crippen LogP contribution in [0, 0.1) is 13.8 Å². The second-order valence-corrected chi connectivity index (χ2v) is 7.00. The average Bonchev–Trinajstić information content (AvgIpc) is 2.58. The minimum absolute atomic E-state index is 0.0556. The van der Waals surface area contributed by atoms with Crippen LogP contribution in [-0.4, -0.2) is 18.6 Å². The van der Waals surface area contributed by atoms with Gasteiger partial charge in [-0.15, -0.1) is 0 Å². The first kappa shape index (κ1) is 15.4. The van der Waals surface area contributed by atoms with Crippen molar-refractivity contribution < 1.29 is 8.42 Å².